The third kappa shape index (κ3) is 24.6. The van der Waals surface area contributed by atoms with Crippen LogP contribution in [-0.2, 0) is 19.1 Å². The van der Waals surface area contributed by atoms with Crippen molar-refractivity contribution in [3.05, 3.63) is 107 Å². The molecule has 0 aromatic heterocycles. The highest BCUT2D eigenvalue weighted by Crippen LogP contribution is 2.36. The third-order valence-electron chi connectivity index (χ3n) is 12.0. The summed E-state index contributed by atoms with van der Waals surface area (Å²) in [5.74, 6) is -13.7. The van der Waals surface area contributed by atoms with E-state index >= 15 is 17.6 Å². The van der Waals surface area contributed by atoms with Crippen LogP contribution in [0.2, 0.25) is 0 Å². The van der Waals surface area contributed by atoms with Gasteiger partial charge in [-0.2, -0.15) is 17.6 Å². The molecule has 3 aromatic rings. The molecule has 0 saturated heterocycles. The summed E-state index contributed by atoms with van der Waals surface area (Å²) in [5, 5.41) is 0. The van der Waals surface area contributed by atoms with E-state index in [1.807, 2.05) is 0 Å². The normalized spacial score (nSPS) is 11.0. The number of unbranched alkanes of at least 4 members (excludes halogenated alkanes) is 24. The molecule has 0 aliphatic rings. The fourth-order valence-corrected chi connectivity index (χ4v) is 7.70. The average molecular weight is 1010 g/mol. The molecule has 0 spiro atoms. The number of hydrogen-bond donors (Lipinski definition) is 0. The van der Waals surface area contributed by atoms with Crippen LogP contribution in [0.25, 0.3) is 0 Å². The van der Waals surface area contributed by atoms with E-state index in [2.05, 4.69) is 13.2 Å². The number of benzene rings is 3. The van der Waals surface area contributed by atoms with Gasteiger partial charge in [-0.25, -0.2) is 19.2 Å². The van der Waals surface area contributed by atoms with E-state index in [1.54, 1.807) is 13.8 Å². The maximum absolute atomic E-state index is 15.0. The number of carbonyl (C=O) groups excluding carboxylic acids is 4. The summed E-state index contributed by atoms with van der Waals surface area (Å²) in [6, 6.07) is 11.1. The van der Waals surface area contributed by atoms with Gasteiger partial charge in [0.1, 0.15) is 11.5 Å². The van der Waals surface area contributed by atoms with Gasteiger partial charge in [0.15, 0.2) is 0 Å². The van der Waals surface area contributed by atoms with Crippen molar-refractivity contribution < 1.29 is 65.2 Å². The molecular weight excluding hydrogens is 933 g/mol. The van der Waals surface area contributed by atoms with E-state index in [0.29, 0.717) is 49.1 Å². The monoisotopic (exact) mass is 1010 g/mol. The molecule has 0 N–H and O–H groups in total. The second kappa shape index (κ2) is 36.3. The third-order valence-corrected chi connectivity index (χ3v) is 12.0. The average Bonchev–Trinajstić information content (AvgIpc) is 3.37. The first kappa shape index (κ1) is 60.6. The summed E-state index contributed by atoms with van der Waals surface area (Å²) in [7, 11) is 0. The minimum absolute atomic E-state index is 0.154. The highest BCUT2D eigenvalue weighted by molar-refractivity contribution is 5.92. The van der Waals surface area contributed by atoms with Crippen LogP contribution < -0.4 is 18.9 Å². The lowest BCUT2D eigenvalue weighted by molar-refractivity contribution is -0.139. The number of esters is 4. The van der Waals surface area contributed by atoms with Crippen LogP contribution in [0.5, 0.6) is 23.0 Å². The SMILES string of the molecule is C=C(C)C(=O)OCCCCCCCCCCCCCCCOc1ccc(C(=O)Oc2c(F)c(F)c(OC(=O)c3ccc(OCCCCCCCCCCCCCCCOC(=O)C(=C)C)cc3)c(F)c2F)cc1. The van der Waals surface area contributed by atoms with Crippen molar-refractivity contribution in [1.29, 1.82) is 0 Å². The molecule has 72 heavy (non-hydrogen) atoms. The summed E-state index contributed by atoms with van der Waals surface area (Å²) in [5.41, 5.74) is 0.553. The smallest absolute Gasteiger partial charge is 0.343 e. The van der Waals surface area contributed by atoms with Gasteiger partial charge in [0.2, 0.25) is 34.8 Å². The lowest BCUT2D eigenvalue weighted by atomic mass is 10.0. The zero-order valence-electron chi connectivity index (χ0n) is 42.8. The summed E-state index contributed by atoms with van der Waals surface area (Å²) < 4.78 is 91.3. The van der Waals surface area contributed by atoms with Gasteiger partial charge in [-0.05, 0) is 88.1 Å². The fourth-order valence-electron chi connectivity index (χ4n) is 7.70. The Hall–Kier alpha value is -5.66. The molecule has 0 bridgehead atoms. The van der Waals surface area contributed by atoms with Gasteiger partial charge in [-0.1, -0.05) is 154 Å². The quantitative estimate of drug-likeness (QED) is 0.0136. The summed E-state index contributed by atoms with van der Waals surface area (Å²) >= 11 is 0. The Labute approximate surface area is 425 Å². The largest absolute Gasteiger partial charge is 0.494 e. The zero-order chi connectivity index (χ0) is 52.4. The first-order valence-corrected chi connectivity index (χ1v) is 26.2. The number of hydrogen-bond acceptors (Lipinski definition) is 10. The number of rotatable bonds is 40. The minimum Gasteiger partial charge on any atom is -0.494 e. The Morgan fingerprint density at radius 3 is 0.819 bits per heavy atom. The molecule has 3 rings (SSSR count). The van der Waals surface area contributed by atoms with Crippen LogP contribution in [-0.4, -0.2) is 50.3 Å². The van der Waals surface area contributed by atoms with E-state index in [1.165, 1.54) is 126 Å². The van der Waals surface area contributed by atoms with Crippen molar-refractivity contribution in [2.24, 2.45) is 0 Å². The molecule has 398 valence electrons. The van der Waals surface area contributed by atoms with Crippen molar-refractivity contribution in [1.82, 2.24) is 0 Å². The maximum atomic E-state index is 15.0. The Kier molecular flexibility index (Phi) is 30.6. The first-order chi connectivity index (χ1) is 34.8. The van der Waals surface area contributed by atoms with Crippen molar-refractivity contribution in [3.63, 3.8) is 0 Å². The van der Waals surface area contributed by atoms with E-state index in [0.717, 1.165) is 89.9 Å². The molecule has 0 saturated carbocycles. The van der Waals surface area contributed by atoms with E-state index in [9.17, 15) is 19.2 Å². The van der Waals surface area contributed by atoms with E-state index in [-0.39, 0.29) is 23.1 Å². The molecule has 14 heteroatoms. The molecule has 0 aliphatic carbocycles. The Bertz CT molecular complexity index is 1930. The van der Waals surface area contributed by atoms with Crippen molar-refractivity contribution in [2.75, 3.05) is 26.4 Å². The molecule has 3 aromatic carbocycles. The molecule has 0 aliphatic heterocycles. The molecule has 0 amide bonds. The predicted molar refractivity (Wildman–Crippen MR) is 272 cm³/mol. The second-order valence-electron chi connectivity index (χ2n) is 18.5. The van der Waals surface area contributed by atoms with Crippen molar-refractivity contribution in [2.45, 2.75) is 181 Å². The van der Waals surface area contributed by atoms with Gasteiger partial charge in [0.25, 0.3) is 0 Å². The standard InChI is InChI=1S/C58H78F4O10/c1-43(2)55(63)69-41-29-25-21-17-13-9-5-7-11-15-19-23-27-39-67-47-35-31-45(32-36-47)57(65)71-53-49(59)51(61)54(52(62)50(53)60)72-58(66)46-33-37-48(38-34-46)68-40-28-24-20-16-12-8-6-10-14-18-22-26-30-42-70-56(64)44(3)4/h31-38H,1,3,5-30,39-42H2,2,4H3. The molecule has 0 fully saturated rings. The number of ether oxygens (including phenoxy) is 6. The van der Waals surface area contributed by atoms with Crippen LogP contribution in [0.1, 0.15) is 202 Å². The van der Waals surface area contributed by atoms with E-state index < -0.39 is 46.7 Å². The van der Waals surface area contributed by atoms with Crippen LogP contribution in [0.4, 0.5) is 17.6 Å². The van der Waals surface area contributed by atoms with Gasteiger partial charge in [-0.3, -0.25) is 0 Å². The highest BCUT2D eigenvalue weighted by Gasteiger charge is 2.31. The molecule has 10 nitrogen and oxygen atoms in total. The Balaban J connectivity index is 1.25. The molecule has 0 heterocycles. The summed E-state index contributed by atoms with van der Waals surface area (Å²) in [6.07, 6.45) is 29.0. The van der Waals surface area contributed by atoms with Gasteiger partial charge in [0, 0.05) is 11.1 Å². The molecule has 0 radical (unpaired) electrons. The predicted octanol–water partition coefficient (Wildman–Crippen LogP) is 15.8. The van der Waals surface area contributed by atoms with Gasteiger partial charge < -0.3 is 28.4 Å². The van der Waals surface area contributed by atoms with Gasteiger partial charge >= 0.3 is 23.9 Å². The van der Waals surface area contributed by atoms with Gasteiger partial charge in [0.05, 0.1) is 37.6 Å². The summed E-state index contributed by atoms with van der Waals surface area (Å²) in [6.45, 7) is 12.3. The first-order valence-electron chi connectivity index (χ1n) is 26.2. The lowest BCUT2D eigenvalue weighted by Crippen LogP contribution is -2.16. The van der Waals surface area contributed by atoms with Crippen molar-refractivity contribution >= 4 is 23.9 Å². The molecule has 0 unspecified atom stereocenters. The minimum atomic E-state index is -2.05. The maximum Gasteiger partial charge on any atom is 0.343 e. The number of halogens is 4. The van der Waals surface area contributed by atoms with Crippen molar-refractivity contribution in [3.8, 4) is 23.0 Å². The van der Waals surface area contributed by atoms with Crippen LogP contribution >= 0.6 is 0 Å². The topological polar surface area (TPSA) is 124 Å². The lowest BCUT2D eigenvalue weighted by Gasteiger charge is -2.13. The number of carbonyl (C=O) groups is 4. The Morgan fingerprint density at radius 1 is 0.361 bits per heavy atom. The van der Waals surface area contributed by atoms with Crippen LogP contribution in [0, 0.1) is 23.3 Å². The zero-order valence-corrected chi connectivity index (χ0v) is 42.8. The van der Waals surface area contributed by atoms with Gasteiger partial charge in [-0.15, -0.1) is 0 Å². The Morgan fingerprint density at radius 2 is 0.583 bits per heavy atom. The highest BCUT2D eigenvalue weighted by atomic mass is 19.2. The fraction of sp³-hybridized carbons (Fsp3) is 0.552. The van der Waals surface area contributed by atoms with Crippen LogP contribution in [0.3, 0.4) is 0 Å². The molecular formula is C58H78F4O10. The van der Waals surface area contributed by atoms with E-state index in [4.69, 9.17) is 28.4 Å². The molecule has 0 atom stereocenters. The second-order valence-corrected chi connectivity index (χ2v) is 18.5. The van der Waals surface area contributed by atoms with Crippen LogP contribution in [0.15, 0.2) is 72.8 Å². The summed E-state index contributed by atoms with van der Waals surface area (Å²) in [4.78, 5) is 48.2.